The van der Waals surface area contributed by atoms with Gasteiger partial charge in [0.2, 0.25) is 5.91 Å². The Labute approximate surface area is 311 Å². The van der Waals surface area contributed by atoms with Gasteiger partial charge in [0.05, 0.1) is 31.3 Å². The number of hydrogen-bond donors (Lipinski definition) is 4. The molecule has 0 spiro atoms. The van der Waals surface area contributed by atoms with E-state index in [4.69, 9.17) is 0 Å². The lowest BCUT2D eigenvalue weighted by Gasteiger charge is -2.20. The number of nitrogens with one attached hydrogen (secondary N) is 1. The van der Waals surface area contributed by atoms with Crippen LogP contribution in [0, 0.1) is 0 Å². The fraction of sp³-hybridized carbons (Fsp3) is 0.844. The van der Waals surface area contributed by atoms with Crippen molar-refractivity contribution in [2.24, 2.45) is 0 Å². The first kappa shape index (κ1) is 48.6. The second kappa shape index (κ2) is 40.3. The van der Waals surface area contributed by atoms with Gasteiger partial charge in [0.15, 0.2) is 0 Å². The van der Waals surface area contributed by atoms with Crippen LogP contribution in [0.1, 0.15) is 219 Å². The molecule has 0 aromatic heterocycles. The zero-order valence-corrected chi connectivity index (χ0v) is 33.3. The number of hydrogen-bond acceptors (Lipinski definition) is 4. The maximum absolute atomic E-state index is 12.4. The maximum atomic E-state index is 12.4. The van der Waals surface area contributed by atoms with E-state index in [0.717, 1.165) is 44.9 Å². The van der Waals surface area contributed by atoms with Crippen LogP contribution in [0.25, 0.3) is 0 Å². The molecule has 0 aromatic carbocycles. The van der Waals surface area contributed by atoms with Gasteiger partial charge in [0.25, 0.3) is 0 Å². The third kappa shape index (κ3) is 36.4. The van der Waals surface area contributed by atoms with Gasteiger partial charge in [0.1, 0.15) is 0 Å². The van der Waals surface area contributed by atoms with Crippen molar-refractivity contribution in [1.82, 2.24) is 5.32 Å². The number of unbranched alkanes of at least 4 members (excludes halogenated alkanes) is 26. The predicted octanol–water partition coefficient (Wildman–Crippen LogP) is 12.4. The molecule has 5 heteroatoms. The van der Waals surface area contributed by atoms with Gasteiger partial charge in [-0.1, -0.05) is 192 Å². The molecule has 0 rings (SSSR count). The highest BCUT2D eigenvalue weighted by Crippen LogP contribution is 2.15. The monoisotopic (exact) mass is 704 g/mol. The Morgan fingerprint density at radius 3 is 1.30 bits per heavy atom. The van der Waals surface area contributed by atoms with Gasteiger partial charge in [0, 0.05) is 0 Å². The second-order valence-corrected chi connectivity index (χ2v) is 14.9. The fourth-order valence-electron chi connectivity index (χ4n) is 6.53. The lowest BCUT2D eigenvalue weighted by Crippen LogP contribution is -2.45. The zero-order chi connectivity index (χ0) is 36.6. The van der Waals surface area contributed by atoms with Crippen LogP contribution < -0.4 is 5.32 Å². The normalized spacial score (nSPS) is 13.9. The Morgan fingerprint density at radius 2 is 0.860 bits per heavy atom. The smallest absolute Gasteiger partial charge is 0.222 e. The van der Waals surface area contributed by atoms with Crippen LogP contribution in [0.4, 0.5) is 0 Å². The Kier molecular flexibility index (Phi) is 39.2. The molecule has 4 N–H and O–H groups in total. The molecule has 0 aromatic rings. The fourth-order valence-corrected chi connectivity index (χ4v) is 6.53. The van der Waals surface area contributed by atoms with E-state index < -0.39 is 18.2 Å². The summed E-state index contributed by atoms with van der Waals surface area (Å²) in [6.45, 7) is 4.18. The number of allylic oxidation sites excluding steroid dienone is 5. The number of aliphatic hydroxyl groups is 3. The predicted molar refractivity (Wildman–Crippen MR) is 218 cm³/mol. The number of amides is 1. The molecule has 0 aliphatic carbocycles. The van der Waals surface area contributed by atoms with Gasteiger partial charge < -0.3 is 20.6 Å². The van der Waals surface area contributed by atoms with Crippen LogP contribution in [0.3, 0.4) is 0 Å². The second-order valence-electron chi connectivity index (χ2n) is 14.9. The Morgan fingerprint density at radius 1 is 0.500 bits per heavy atom. The SMILES string of the molecule is CCCCCC/C=C\CCCCCCCC(O)CC(=O)NC(CO)C(O)/C=C/CC/C=C/CCCCCCCCCCCCCCCCCC. The molecule has 3 atom stereocenters. The van der Waals surface area contributed by atoms with Crippen molar-refractivity contribution in [3.05, 3.63) is 36.5 Å². The van der Waals surface area contributed by atoms with E-state index in [1.54, 1.807) is 6.08 Å². The largest absolute Gasteiger partial charge is 0.394 e. The summed E-state index contributed by atoms with van der Waals surface area (Å²) in [5.41, 5.74) is 0. The Balaban J connectivity index is 3.71. The molecule has 294 valence electrons. The van der Waals surface area contributed by atoms with Crippen LogP contribution in [-0.2, 0) is 4.79 Å². The third-order valence-electron chi connectivity index (χ3n) is 9.90. The van der Waals surface area contributed by atoms with E-state index in [9.17, 15) is 20.1 Å². The topological polar surface area (TPSA) is 89.8 Å². The van der Waals surface area contributed by atoms with E-state index in [2.05, 4.69) is 43.5 Å². The van der Waals surface area contributed by atoms with Crippen LogP contribution in [-0.4, -0.2) is 46.1 Å². The van der Waals surface area contributed by atoms with Crippen molar-refractivity contribution in [2.75, 3.05) is 6.61 Å². The number of carbonyl (C=O) groups is 1. The van der Waals surface area contributed by atoms with Gasteiger partial charge in [-0.05, 0) is 57.8 Å². The summed E-state index contributed by atoms with van der Waals surface area (Å²) in [7, 11) is 0. The van der Waals surface area contributed by atoms with Crippen molar-refractivity contribution in [1.29, 1.82) is 0 Å². The molecule has 0 fully saturated rings. The number of aliphatic hydroxyl groups excluding tert-OH is 3. The highest BCUT2D eigenvalue weighted by atomic mass is 16.3. The van der Waals surface area contributed by atoms with Crippen molar-refractivity contribution >= 4 is 5.91 Å². The van der Waals surface area contributed by atoms with Gasteiger partial charge in [-0.15, -0.1) is 0 Å². The summed E-state index contributed by atoms with van der Waals surface area (Å²) in [5.74, 6) is -0.331. The number of carbonyl (C=O) groups excluding carboxylic acids is 1. The first-order valence-electron chi connectivity index (χ1n) is 21.8. The van der Waals surface area contributed by atoms with Crippen LogP contribution in [0.15, 0.2) is 36.5 Å². The summed E-state index contributed by atoms with van der Waals surface area (Å²) in [6, 6.07) is -0.762. The van der Waals surface area contributed by atoms with Gasteiger partial charge in [-0.3, -0.25) is 4.79 Å². The van der Waals surface area contributed by atoms with Crippen LogP contribution in [0.5, 0.6) is 0 Å². The van der Waals surface area contributed by atoms with Gasteiger partial charge >= 0.3 is 0 Å². The van der Waals surface area contributed by atoms with Crippen molar-refractivity contribution in [2.45, 2.75) is 238 Å². The standard InChI is InChI=1S/C45H85NO4/c1-3-5-7-9-11-13-15-17-18-19-20-21-22-23-24-25-27-29-31-33-35-37-39-44(49)43(41-47)46-45(50)40-42(48)38-36-34-32-30-28-26-16-14-12-10-8-6-4-2/h14,16,29,31,37,39,42-44,47-49H,3-13,15,17-28,30,32-36,38,40-41H2,1-2H3,(H,46,50)/b16-14-,31-29+,39-37+. The van der Waals surface area contributed by atoms with Crippen molar-refractivity contribution < 1.29 is 20.1 Å². The average molecular weight is 704 g/mol. The molecule has 0 bridgehead atoms. The zero-order valence-electron chi connectivity index (χ0n) is 33.3. The molecule has 0 saturated carbocycles. The summed E-state index contributed by atoms with van der Waals surface area (Å²) >= 11 is 0. The highest BCUT2D eigenvalue weighted by molar-refractivity contribution is 5.76. The minimum Gasteiger partial charge on any atom is -0.394 e. The van der Waals surface area contributed by atoms with E-state index in [1.807, 2.05) is 6.08 Å². The Bertz CT molecular complexity index is 779. The molecule has 1 amide bonds. The van der Waals surface area contributed by atoms with Crippen LogP contribution >= 0.6 is 0 Å². The van der Waals surface area contributed by atoms with Crippen molar-refractivity contribution in [3.63, 3.8) is 0 Å². The van der Waals surface area contributed by atoms with E-state index >= 15 is 0 Å². The summed E-state index contributed by atoms with van der Waals surface area (Å²) < 4.78 is 0. The van der Waals surface area contributed by atoms with Crippen molar-refractivity contribution in [3.8, 4) is 0 Å². The third-order valence-corrected chi connectivity index (χ3v) is 9.90. The first-order valence-corrected chi connectivity index (χ1v) is 21.8. The minimum atomic E-state index is -0.953. The quantitative estimate of drug-likeness (QED) is 0.0379. The molecular weight excluding hydrogens is 618 g/mol. The van der Waals surface area contributed by atoms with Gasteiger partial charge in [-0.25, -0.2) is 0 Å². The molecule has 0 aliphatic rings. The molecular formula is C45H85NO4. The first-order chi connectivity index (χ1) is 24.5. The van der Waals surface area contributed by atoms with Crippen LogP contribution in [0.2, 0.25) is 0 Å². The Hall–Kier alpha value is -1.43. The molecule has 0 heterocycles. The van der Waals surface area contributed by atoms with E-state index in [0.29, 0.717) is 6.42 Å². The summed E-state index contributed by atoms with van der Waals surface area (Å²) in [6.07, 6.45) is 50.0. The molecule has 50 heavy (non-hydrogen) atoms. The lowest BCUT2D eigenvalue weighted by atomic mass is 10.0. The molecule has 0 saturated heterocycles. The number of rotatable bonds is 39. The average Bonchev–Trinajstić information content (AvgIpc) is 3.11. The molecule has 0 radical (unpaired) electrons. The van der Waals surface area contributed by atoms with E-state index in [-0.39, 0.29) is 18.9 Å². The van der Waals surface area contributed by atoms with Gasteiger partial charge in [-0.2, -0.15) is 0 Å². The van der Waals surface area contributed by atoms with E-state index in [1.165, 1.54) is 148 Å². The summed E-state index contributed by atoms with van der Waals surface area (Å²) in [4.78, 5) is 12.4. The summed E-state index contributed by atoms with van der Waals surface area (Å²) in [5, 5.41) is 33.1. The molecule has 3 unspecified atom stereocenters. The molecule has 5 nitrogen and oxygen atoms in total. The minimum absolute atomic E-state index is 0.000179. The lowest BCUT2D eigenvalue weighted by molar-refractivity contribution is -0.124. The highest BCUT2D eigenvalue weighted by Gasteiger charge is 2.20. The maximum Gasteiger partial charge on any atom is 0.222 e. The molecule has 0 aliphatic heterocycles.